The Balaban J connectivity index is 1.38. The van der Waals surface area contributed by atoms with Gasteiger partial charge in [0.05, 0.1) is 12.5 Å². The number of aliphatic carboxylic acids is 1. The molecule has 8 nitrogen and oxygen atoms in total. The predicted octanol–water partition coefficient (Wildman–Crippen LogP) is 3.01. The first-order valence-corrected chi connectivity index (χ1v) is 11.1. The summed E-state index contributed by atoms with van der Waals surface area (Å²) in [7, 11) is 1.32. The van der Waals surface area contributed by atoms with Gasteiger partial charge in [-0.05, 0) is 29.2 Å². The highest BCUT2D eigenvalue weighted by molar-refractivity contribution is 5.90. The number of methoxy groups -OCH3 is 1. The lowest BCUT2D eigenvalue weighted by Gasteiger charge is -2.28. The maximum absolute atomic E-state index is 13.6. The minimum absolute atomic E-state index is 0.0269. The van der Waals surface area contributed by atoms with Crippen LogP contribution in [0.15, 0.2) is 48.5 Å². The molecule has 3 N–H and O–H groups in total. The zero-order valence-electron chi connectivity index (χ0n) is 19.2. The van der Waals surface area contributed by atoms with Gasteiger partial charge in [0.15, 0.2) is 0 Å². The number of alkyl halides is 2. The molecule has 0 aromatic heterocycles. The Labute approximate surface area is 200 Å². The van der Waals surface area contributed by atoms with Crippen LogP contribution in [0.2, 0.25) is 0 Å². The highest BCUT2D eigenvalue weighted by atomic mass is 19.3. The average molecular weight is 488 g/mol. The van der Waals surface area contributed by atoms with Gasteiger partial charge in [-0.3, -0.25) is 9.59 Å². The van der Waals surface area contributed by atoms with E-state index in [0.29, 0.717) is 0 Å². The number of amides is 2. The van der Waals surface area contributed by atoms with Crippen molar-refractivity contribution in [2.24, 2.45) is 11.8 Å². The van der Waals surface area contributed by atoms with Gasteiger partial charge in [0, 0.05) is 19.6 Å². The molecule has 0 heterocycles. The van der Waals surface area contributed by atoms with Crippen LogP contribution in [-0.2, 0) is 19.1 Å². The lowest BCUT2D eigenvalue weighted by Crippen LogP contribution is -2.60. The van der Waals surface area contributed by atoms with Crippen LogP contribution < -0.4 is 10.6 Å². The third kappa shape index (κ3) is 4.58. The molecule has 2 aromatic rings. The zero-order valence-corrected chi connectivity index (χ0v) is 19.2. The highest BCUT2D eigenvalue weighted by Gasteiger charge is 2.72. The van der Waals surface area contributed by atoms with Gasteiger partial charge in [0.1, 0.15) is 18.1 Å². The molecule has 0 saturated heterocycles. The summed E-state index contributed by atoms with van der Waals surface area (Å²) in [6, 6.07) is 15.7. The number of rotatable bonds is 9. The number of fused-ring (bicyclic) bond motifs is 3. The Morgan fingerprint density at radius 2 is 1.63 bits per heavy atom. The van der Waals surface area contributed by atoms with E-state index in [1.165, 1.54) is 14.0 Å². The summed E-state index contributed by atoms with van der Waals surface area (Å²) in [6.45, 7) is 0.590. The summed E-state index contributed by atoms with van der Waals surface area (Å²) in [6.07, 6.45) is -0.873. The molecule has 1 unspecified atom stereocenters. The molecule has 3 atom stereocenters. The number of carboxylic acid groups (broad SMARTS) is 1. The first-order chi connectivity index (χ1) is 16.6. The Bertz CT molecular complexity index is 1110. The molecule has 0 bridgehead atoms. The van der Waals surface area contributed by atoms with Crippen LogP contribution in [0.4, 0.5) is 13.6 Å². The van der Waals surface area contributed by atoms with Crippen molar-refractivity contribution >= 4 is 18.0 Å². The van der Waals surface area contributed by atoms with E-state index < -0.39 is 47.8 Å². The molecule has 2 aliphatic carbocycles. The fraction of sp³-hybridized carbons (Fsp3) is 0.400. The average Bonchev–Trinajstić information content (AvgIpc) is 3.23. The number of ether oxygens (including phenoxy) is 2. The smallest absolute Gasteiger partial charge is 0.408 e. The number of hydrogen-bond donors (Lipinski definition) is 3. The van der Waals surface area contributed by atoms with E-state index in [2.05, 4.69) is 10.6 Å². The van der Waals surface area contributed by atoms with Gasteiger partial charge in [-0.2, -0.15) is 0 Å². The van der Waals surface area contributed by atoms with E-state index in [1.54, 1.807) is 0 Å². The van der Waals surface area contributed by atoms with Crippen molar-refractivity contribution in [3.05, 3.63) is 59.7 Å². The van der Waals surface area contributed by atoms with E-state index in [4.69, 9.17) is 14.6 Å². The second-order valence-electron chi connectivity index (χ2n) is 9.02. The summed E-state index contributed by atoms with van der Waals surface area (Å²) in [5.74, 6) is -9.33. The van der Waals surface area contributed by atoms with Crippen molar-refractivity contribution < 1.29 is 37.7 Å². The van der Waals surface area contributed by atoms with Gasteiger partial charge in [0.25, 0.3) is 5.92 Å². The van der Waals surface area contributed by atoms with Gasteiger partial charge in [-0.1, -0.05) is 48.5 Å². The van der Waals surface area contributed by atoms with Gasteiger partial charge in [-0.15, -0.1) is 0 Å². The third-order valence-corrected chi connectivity index (χ3v) is 6.61. The Morgan fingerprint density at radius 3 is 2.14 bits per heavy atom. The molecular weight excluding hydrogens is 462 g/mol. The quantitative estimate of drug-likeness (QED) is 0.500. The van der Waals surface area contributed by atoms with Crippen molar-refractivity contribution in [2.45, 2.75) is 24.3 Å². The summed E-state index contributed by atoms with van der Waals surface area (Å²) in [5.41, 5.74) is 2.56. The van der Waals surface area contributed by atoms with Crippen molar-refractivity contribution in [3.8, 4) is 11.1 Å². The van der Waals surface area contributed by atoms with Crippen molar-refractivity contribution in [2.75, 3.05) is 26.9 Å². The van der Waals surface area contributed by atoms with Crippen molar-refractivity contribution in [1.29, 1.82) is 0 Å². The van der Waals surface area contributed by atoms with Crippen LogP contribution in [0, 0.1) is 11.8 Å². The van der Waals surface area contributed by atoms with Crippen LogP contribution in [0.25, 0.3) is 11.1 Å². The van der Waals surface area contributed by atoms with E-state index in [0.717, 1.165) is 22.3 Å². The maximum Gasteiger partial charge on any atom is 0.408 e. The van der Waals surface area contributed by atoms with E-state index >= 15 is 0 Å². The number of carbonyl (C=O) groups is 3. The van der Waals surface area contributed by atoms with Gasteiger partial charge >= 0.3 is 12.1 Å². The van der Waals surface area contributed by atoms with Crippen LogP contribution in [0.3, 0.4) is 0 Å². The normalized spacial score (nSPS) is 21.3. The second-order valence-corrected chi connectivity index (χ2v) is 9.02. The first kappa shape index (κ1) is 24.6. The number of carbonyl (C=O) groups excluding carboxylic acids is 2. The molecule has 0 spiro atoms. The summed E-state index contributed by atoms with van der Waals surface area (Å²) >= 11 is 0. The monoisotopic (exact) mass is 488 g/mol. The van der Waals surface area contributed by atoms with E-state index in [-0.39, 0.29) is 19.1 Å². The molecule has 186 valence electrons. The van der Waals surface area contributed by atoms with Gasteiger partial charge in [-0.25, -0.2) is 13.6 Å². The number of alkyl carbamates (subject to hydrolysis) is 1. The summed E-state index contributed by atoms with van der Waals surface area (Å²) in [5, 5.41) is 13.6. The SMILES string of the molecule is COCC(C)(NC(=O)OCC1c2ccccc2-c2ccccc21)C(=O)NC[C@@H]1[C@H](C(=O)O)C1(F)F. The summed E-state index contributed by atoms with van der Waals surface area (Å²) in [4.78, 5) is 36.3. The Morgan fingerprint density at radius 1 is 1.06 bits per heavy atom. The molecular formula is C25H26F2N2O6. The topological polar surface area (TPSA) is 114 Å². The third-order valence-electron chi connectivity index (χ3n) is 6.61. The Hall–Kier alpha value is -3.53. The number of benzene rings is 2. The number of carboxylic acids is 1. The number of hydrogen-bond acceptors (Lipinski definition) is 5. The molecule has 2 amide bonds. The fourth-order valence-electron chi connectivity index (χ4n) is 4.69. The molecule has 1 fully saturated rings. The fourth-order valence-corrected chi connectivity index (χ4v) is 4.69. The van der Waals surface area contributed by atoms with Crippen LogP contribution in [0.1, 0.15) is 24.0 Å². The lowest BCUT2D eigenvalue weighted by atomic mass is 9.98. The first-order valence-electron chi connectivity index (χ1n) is 11.1. The van der Waals surface area contributed by atoms with Gasteiger partial charge in [0.2, 0.25) is 5.91 Å². The van der Waals surface area contributed by atoms with E-state index in [1.807, 2.05) is 48.5 Å². The number of nitrogens with one attached hydrogen (secondary N) is 2. The number of halogens is 2. The maximum atomic E-state index is 13.6. The minimum Gasteiger partial charge on any atom is -0.481 e. The van der Waals surface area contributed by atoms with Crippen LogP contribution in [0.5, 0.6) is 0 Å². The zero-order chi connectivity index (χ0) is 25.4. The second kappa shape index (κ2) is 9.26. The summed E-state index contributed by atoms with van der Waals surface area (Å²) < 4.78 is 37.8. The molecule has 1 saturated carbocycles. The van der Waals surface area contributed by atoms with Crippen LogP contribution in [-0.4, -0.2) is 61.4 Å². The Kier molecular flexibility index (Phi) is 6.50. The standard InChI is InChI=1S/C25H26F2N2O6/c1-24(13-34-2,22(32)28-11-19-20(21(30)31)25(19,26)27)29-23(33)35-12-18-16-9-5-3-7-14(16)15-8-4-6-10-17(15)18/h3-10,18-20H,11-13H2,1-2H3,(H,28,32)(H,29,33)(H,30,31)/t19-,20-,24?/m1/s1. The molecule has 0 radical (unpaired) electrons. The molecule has 2 aliphatic rings. The molecule has 0 aliphatic heterocycles. The van der Waals surface area contributed by atoms with E-state index in [9.17, 15) is 23.2 Å². The van der Waals surface area contributed by atoms with Crippen molar-refractivity contribution in [3.63, 3.8) is 0 Å². The largest absolute Gasteiger partial charge is 0.481 e. The highest BCUT2D eigenvalue weighted by Crippen LogP contribution is 2.55. The van der Waals surface area contributed by atoms with Crippen LogP contribution >= 0.6 is 0 Å². The van der Waals surface area contributed by atoms with Gasteiger partial charge < -0.3 is 25.2 Å². The minimum atomic E-state index is -3.39. The van der Waals surface area contributed by atoms with Crippen molar-refractivity contribution in [1.82, 2.24) is 10.6 Å². The molecule has 4 rings (SSSR count). The predicted molar refractivity (Wildman–Crippen MR) is 121 cm³/mol. The molecule has 35 heavy (non-hydrogen) atoms. The molecule has 10 heteroatoms. The lowest BCUT2D eigenvalue weighted by molar-refractivity contribution is -0.141. The molecule has 2 aromatic carbocycles.